The number of carbonyl (C=O) groups excluding carboxylic acids is 2. The van der Waals surface area contributed by atoms with Gasteiger partial charge in [0.25, 0.3) is 10.0 Å². The highest BCUT2D eigenvalue weighted by Gasteiger charge is 2.46. The second-order valence-corrected chi connectivity index (χ2v) is 12.5. The number of nitrogens with one attached hydrogen (secondary N) is 3. The van der Waals surface area contributed by atoms with Crippen molar-refractivity contribution in [3.8, 4) is 11.5 Å². The molecule has 4 heterocycles. The van der Waals surface area contributed by atoms with Crippen LogP contribution in [0.15, 0.2) is 71.9 Å². The lowest BCUT2D eigenvalue weighted by Gasteiger charge is -2.45. The van der Waals surface area contributed by atoms with Crippen LogP contribution in [0.2, 0.25) is 0 Å². The van der Waals surface area contributed by atoms with Gasteiger partial charge in [-0.05, 0) is 49.9 Å². The number of likely N-dealkylation sites (tertiary alicyclic amines) is 2. The van der Waals surface area contributed by atoms with Crippen molar-refractivity contribution in [2.24, 2.45) is 0 Å². The molecule has 2 saturated heterocycles. The maximum absolute atomic E-state index is 14.2. The highest BCUT2D eigenvalue weighted by Crippen LogP contribution is 2.31. The van der Waals surface area contributed by atoms with Crippen LogP contribution in [0.25, 0.3) is 0 Å². The fraction of sp³-hybridized carbons (Fsp3) is 0.400. The van der Waals surface area contributed by atoms with Crippen LogP contribution in [0.1, 0.15) is 25.7 Å². The number of ether oxygens (including phenoxy) is 2. The van der Waals surface area contributed by atoms with Gasteiger partial charge in [-0.3, -0.25) is 4.79 Å². The largest absolute Gasteiger partial charge is 0.497 e. The Morgan fingerprint density at radius 2 is 1.43 bits per heavy atom. The molecular weight excluding hydrogens is 586 g/mol. The minimum absolute atomic E-state index is 0.000672. The van der Waals surface area contributed by atoms with E-state index in [-0.39, 0.29) is 42.8 Å². The molecule has 3 amide bonds. The molecule has 3 aromatic rings. The number of aromatic nitrogens is 2. The molecule has 0 bridgehead atoms. The van der Waals surface area contributed by atoms with Crippen LogP contribution in [0.3, 0.4) is 0 Å². The zero-order valence-electron chi connectivity index (χ0n) is 24.7. The average molecular weight is 624 g/mol. The molecule has 0 aliphatic carbocycles. The molecule has 0 atom stereocenters. The number of sulfonamides is 1. The van der Waals surface area contributed by atoms with Gasteiger partial charge in [-0.2, -0.15) is 0 Å². The van der Waals surface area contributed by atoms with Crippen molar-refractivity contribution < 1.29 is 27.5 Å². The number of anilines is 2. The van der Waals surface area contributed by atoms with E-state index in [9.17, 15) is 18.0 Å². The van der Waals surface area contributed by atoms with Crippen molar-refractivity contribution in [3.63, 3.8) is 0 Å². The first kappa shape index (κ1) is 30.9. The molecule has 0 unspecified atom stereocenters. The van der Waals surface area contributed by atoms with Gasteiger partial charge in [-0.1, -0.05) is 18.2 Å². The van der Waals surface area contributed by atoms with E-state index in [0.717, 1.165) is 18.7 Å². The minimum atomic E-state index is -4.03. The van der Waals surface area contributed by atoms with Crippen molar-refractivity contribution >= 4 is 33.6 Å². The van der Waals surface area contributed by atoms with Crippen LogP contribution in [0, 0.1) is 0 Å². The summed E-state index contributed by atoms with van der Waals surface area (Å²) < 4.78 is 38.3. The van der Waals surface area contributed by atoms with E-state index in [2.05, 4.69) is 25.3 Å². The number of pyridine rings is 2. The van der Waals surface area contributed by atoms with E-state index in [1.807, 2.05) is 11.0 Å². The normalized spacial score (nSPS) is 17.0. The molecule has 3 N–H and O–H groups in total. The van der Waals surface area contributed by atoms with Crippen LogP contribution in [-0.4, -0.2) is 92.1 Å². The van der Waals surface area contributed by atoms with Gasteiger partial charge in [0.2, 0.25) is 5.91 Å². The number of rotatable bonds is 9. The number of carbonyl (C=O) groups is 2. The molecule has 2 aliphatic heterocycles. The maximum Gasteiger partial charge on any atom is 0.331 e. The lowest BCUT2D eigenvalue weighted by atomic mass is 9.85. The van der Waals surface area contributed by atoms with Gasteiger partial charge >= 0.3 is 6.03 Å². The van der Waals surface area contributed by atoms with Crippen LogP contribution in [-0.2, 0) is 14.8 Å². The summed E-state index contributed by atoms with van der Waals surface area (Å²) in [4.78, 5) is 39.3. The third kappa shape index (κ3) is 7.13. The summed E-state index contributed by atoms with van der Waals surface area (Å²) in [6.45, 7) is 1.40. The molecule has 0 radical (unpaired) electrons. The minimum Gasteiger partial charge on any atom is -0.497 e. The molecule has 0 spiro atoms. The quantitative estimate of drug-likeness (QED) is 0.324. The Morgan fingerprint density at radius 3 is 2.05 bits per heavy atom. The number of hydrogen-bond acceptors (Lipinski definition) is 10. The number of piperidine rings is 2. The van der Waals surface area contributed by atoms with Gasteiger partial charge in [0.05, 0.1) is 19.1 Å². The van der Waals surface area contributed by atoms with Gasteiger partial charge in [0, 0.05) is 56.7 Å². The fourth-order valence-corrected chi connectivity index (χ4v) is 6.52. The summed E-state index contributed by atoms with van der Waals surface area (Å²) in [7, 11) is -0.868. The zero-order valence-corrected chi connectivity index (χ0v) is 25.5. The Labute approximate surface area is 257 Å². The summed E-state index contributed by atoms with van der Waals surface area (Å²) in [5.41, 5.74) is -1.05. The SMILES string of the molecule is COc1ccnc(NC2CCN(C(=O)C3(Nc4cc(OC)ccn4)CCN(C(=O)NS(=O)(=O)c4ccccc4)CC3)CC2)c1. The summed E-state index contributed by atoms with van der Waals surface area (Å²) in [5, 5.41) is 6.80. The van der Waals surface area contributed by atoms with Crippen molar-refractivity contribution in [1.82, 2.24) is 24.5 Å². The van der Waals surface area contributed by atoms with E-state index in [0.29, 0.717) is 30.4 Å². The van der Waals surface area contributed by atoms with E-state index in [1.54, 1.807) is 63.0 Å². The number of benzene rings is 1. The first-order valence-corrected chi connectivity index (χ1v) is 15.9. The molecule has 234 valence electrons. The van der Waals surface area contributed by atoms with Crippen molar-refractivity contribution in [3.05, 3.63) is 67.0 Å². The molecule has 14 heteroatoms. The van der Waals surface area contributed by atoms with Gasteiger partial charge in [0.15, 0.2) is 0 Å². The monoisotopic (exact) mass is 623 g/mol. The molecule has 2 fully saturated rings. The standard InChI is InChI=1S/C30H37N7O6S/c1-42-23-8-14-31-26(20-23)33-22-10-16-36(17-11-22)28(38)30(34-27-21-24(43-2)9-15-32-27)12-18-37(19-13-30)29(39)35-44(40,41)25-6-4-3-5-7-25/h3-9,14-15,20-22H,10-13,16-19H2,1-2H3,(H,31,33)(H,32,34)(H,35,39). The Morgan fingerprint density at radius 1 is 0.841 bits per heavy atom. The van der Waals surface area contributed by atoms with Crippen LogP contribution in [0.5, 0.6) is 11.5 Å². The summed E-state index contributed by atoms with van der Waals surface area (Å²) in [6.07, 6.45) is 5.25. The second-order valence-electron chi connectivity index (χ2n) is 10.8. The van der Waals surface area contributed by atoms with E-state index < -0.39 is 21.6 Å². The number of urea groups is 1. The maximum atomic E-state index is 14.2. The number of amides is 3. The van der Waals surface area contributed by atoms with Crippen LogP contribution in [0.4, 0.5) is 16.4 Å². The van der Waals surface area contributed by atoms with Gasteiger partial charge in [0.1, 0.15) is 28.7 Å². The molecule has 2 aromatic heterocycles. The van der Waals surface area contributed by atoms with Crippen LogP contribution >= 0.6 is 0 Å². The third-order valence-corrected chi connectivity index (χ3v) is 9.36. The molecule has 0 saturated carbocycles. The molecule has 2 aliphatic rings. The topological polar surface area (TPSA) is 155 Å². The summed E-state index contributed by atoms with van der Waals surface area (Å²) in [5.74, 6) is 2.41. The first-order valence-electron chi connectivity index (χ1n) is 14.4. The number of methoxy groups -OCH3 is 2. The second kappa shape index (κ2) is 13.4. The third-order valence-electron chi connectivity index (χ3n) is 8.02. The lowest BCUT2D eigenvalue weighted by molar-refractivity contribution is -0.138. The molecule has 44 heavy (non-hydrogen) atoms. The van der Waals surface area contributed by atoms with Gasteiger partial charge in [-0.15, -0.1) is 0 Å². The van der Waals surface area contributed by atoms with Gasteiger partial charge < -0.3 is 29.9 Å². The van der Waals surface area contributed by atoms with Crippen molar-refractivity contribution in [1.29, 1.82) is 0 Å². The van der Waals surface area contributed by atoms with Crippen molar-refractivity contribution in [2.75, 3.05) is 51.0 Å². The predicted octanol–water partition coefficient (Wildman–Crippen LogP) is 2.94. The lowest BCUT2D eigenvalue weighted by Crippen LogP contribution is -2.62. The Kier molecular flexibility index (Phi) is 9.37. The molecule has 5 rings (SSSR count). The Balaban J connectivity index is 1.27. The highest BCUT2D eigenvalue weighted by atomic mass is 32.2. The average Bonchev–Trinajstić information content (AvgIpc) is 3.05. The Bertz CT molecular complexity index is 1560. The van der Waals surface area contributed by atoms with E-state index in [4.69, 9.17) is 9.47 Å². The number of hydrogen-bond donors (Lipinski definition) is 3. The first-order chi connectivity index (χ1) is 21.2. The molecule has 13 nitrogen and oxygen atoms in total. The predicted molar refractivity (Wildman–Crippen MR) is 164 cm³/mol. The Hall–Kier alpha value is -4.59. The molecular formula is C30H37N7O6S. The van der Waals surface area contributed by atoms with E-state index in [1.165, 1.54) is 17.0 Å². The zero-order chi connectivity index (χ0) is 31.2. The van der Waals surface area contributed by atoms with E-state index >= 15 is 0 Å². The number of nitrogens with zero attached hydrogens (tertiary/aromatic N) is 4. The summed E-state index contributed by atoms with van der Waals surface area (Å²) in [6, 6.07) is 14.2. The fourth-order valence-electron chi connectivity index (χ4n) is 5.53. The van der Waals surface area contributed by atoms with Crippen molar-refractivity contribution in [2.45, 2.75) is 42.2 Å². The van der Waals surface area contributed by atoms with Crippen LogP contribution < -0.4 is 24.8 Å². The molecule has 1 aromatic carbocycles. The highest BCUT2D eigenvalue weighted by molar-refractivity contribution is 7.90. The summed E-state index contributed by atoms with van der Waals surface area (Å²) >= 11 is 0. The van der Waals surface area contributed by atoms with Gasteiger partial charge in [-0.25, -0.2) is 27.9 Å². The smallest absolute Gasteiger partial charge is 0.331 e.